The monoisotopic (exact) mass is 504 g/mol. The van der Waals surface area contributed by atoms with E-state index < -0.39 is 10.0 Å². The van der Waals surface area contributed by atoms with Gasteiger partial charge in [-0.3, -0.25) is 4.99 Å². The summed E-state index contributed by atoms with van der Waals surface area (Å²) >= 11 is 0. The molecular formula is C17H37IN4O3S. The number of ether oxygens (including phenoxy) is 1. The summed E-state index contributed by atoms with van der Waals surface area (Å²) in [6, 6.07) is 0. The Bertz CT molecular complexity index is 478. The van der Waals surface area contributed by atoms with Crippen LogP contribution in [0.15, 0.2) is 4.99 Å². The molecule has 0 atom stereocenters. The fraction of sp³-hybridized carbons (Fsp3) is 0.941. The summed E-state index contributed by atoms with van der Waals surface area (Å²) < 4.78 is 31.6. The van der Waals surface area contributed by atoms with E-state index in [1.807, 2.05) is 13.8 Å². The largest absolute Gasteiger partial charge is 0.378 e. The molecule has 0 amide bonds. The first-order valence-electron chi connectivity index (χ1n) is 9.57. The van der Waals surface area contributed by atoms with Gasteiger partial charge in [0, 0.05) is 39.8 Å². The molecule has 0 bridgehead atoms. The summed E-state index contributed by atoms with van der Waals surface area (Å²) in [5.74, 6) is 0.701. The van der Waals surface area contributed by atoms with Gasteiger partial charge in [-0.1, -0.05) is 33.1 Å². The van der Waals surface area contributed by atoms with Gasteiger partial charge >= 0.3 is 0 Å². The minimum Gasteiger partial charge on any atom is -0.378 e. The first-order valence-corrected chi connectivity index (χ1v) is 11.2. The number of halogens is 1. The van der Waals surface area contributed by atoms with Gasteiger partial charge in [0.15, 0.2) is 5.96 Å². The van der Waals surface area contributed by atoms with Gasteiger partial charge in [-0.25, -0.2) is 12.7 Å². The van der Waals surface area contributed by atoms with Gasteiger partial charge < -0.3 is 15.4 Å². The minimum atomic E-state index is -3.20. The van der Waals surface area contributed by atoms with Crippen molar-refractivity contribution < 1.29 is 13.2 Å². The van der Waals surface area contributed by atoms with Gasteiger partial charge in [0.2, 0.25) is 10.0 Å². The molecule has 0 aromatic rings. The molecule has 9 heteroatoms. The standard InChI is InChI=1S/C17H36N4O3S.HI/c1-4-21(5-2)25(22,23)15-13-20-17(18-3)19-12-9-14-24-16-10-7-6-8-11-16;/h16H,4-15H2,1-3H3,(H2,18,19,20);1H. The van der Waals surface area contributed by atoms with E-state index in [1.165, 1.54) is 36.4 Å². The number of nitrogens with one attached hydrogen (secondary N) is 2. The lowest BCUT2D eigenvalue weighted by molar-refractivity contribution is 0.0277. The Labute approximate surface area is 176 Å². The Kier molecular flexibility index (Phi) is 14.8. The molecule has 156 valence electrons. The van der Waals surface area contributed by atoms with Gasteiger partial charge in [-0.15, -0.1) is 24.0 Å². The molecule has 0 spiro atoms. The van der Waals surface area contributed by atoms with Crippen molar-refractivity contribution in [1.82, 2.24) is 14.9 Å². The van der Waals surface area contributed by atoms with Gasteiger partial charge in [-0.05, 0) is 19.3 Å². The van der Waals surface area contributed by atoms with E-state index in [4.69, 9.17) is 4.74 Å². The van der Waals surface area contributed by atoms with Crippen molar-refractivity contribution in [2.75, 3.05) is 45.6 Å². The molecule has 1 aliphatic rings. The van der Waals surface area contributed by atoms with E-state index >= 15 is 0 Å². The molecular weight excluding hydrogens is 467 g/mol. The second-order valence-corrected chi connectivity index (χ2v) is 8.40. The lowest BCUT2D eigenvalue weighted by atomic mass is 9.98. The van der Waals surface area contributed by atoms with E-state index in [2.05, 4.69) is 15.6 Å². The van der Waals surface area contributed by atoms with Crippen LogP contribution < -0.4 is 10.6 Å². The first kappa shape index (κ1) is 25.9. The van der Waals surface area contributed by atoms with Crippen LogP contribution in [0.2, 0.25) is 0 Å². The van der Waals surface area contributed by atoms with Gasteiger partial charge in [0.1, 0.15) is 0 Å². The Morgan fingerprint density at radius 1 is 1.12 bits per heavy atom. The number of sulfonamides is 1. The van der Waals surface area contributed by atoms with Crippen LogP contribution in [0, 0.1) is 0 Å². The molecule has 7 nitrogen and oxygen atoms in total. The van der Waals surface area contributed by atoms with Crippen LogP contribution in [0.5, 0.6) is 0 Å². The van der Waals surface area contributed by atoms with Crippen molar-refractivity contribution in [2.45, 2.75) is 58.5 Å². The van der Waals surface area contributed by atoms with Crippen molar-refractivity contribution >= 4 is 40.0 Å². The Hall–Kier alpha value is -0.130. The van der Waals surface area contributed by atoms with Crippen LogP contribution in [0.1, 0.15) is 52.4 Å². The van der Waals surface area contributed by atoms with E-state index in [9.17, 15) is 8.42 Å². The molecule has 0 aromatic carbocycles. The highest BCUT2D eigenvalue weighted by Gasteiger charge is 2.18. The highest BCUT2D eigenvalue weighted by atomic mass is 127. The summed E-state index contributed by atoms with van der Waals surface area (Å²) in [6.07, 6.45) is 7.65. The average Bonchev–Trinajstić information content (AvgIpc) is 2.61. The lowest BCUT2D eigenvalue weighted by Crippen LogP contribution is -2.42. The molecule has 0 aromatic heterocycles. The highest BCUT2D eigenvalue weighted by Crippen LogP contribution is 2.20. The van der Waals surface area contributed by atoms with Gasteiger partial charge in [-0.2, -0.15) is 0 Å². The average molecular weight is 504 g/mol. The third kappa shape index (κ3) is 10.3. The van der Waals surface area contributed by atoms with Crippen LogP contribution in [0.25, 0.3) is 0 Å². The SMILES string of the molecule is CCN(CC)S(=O)(=O)CCNC(=NC)NCCCOC1CCCCC1.I. The molecule has 0 unspecified atom stereocenters. The van der Waals surface area contributed by atoms with Crippen molar-refractivity contribution in [3.8, 4) is 0 Å². The number of nitrogens with zero attached hydrogens (tertiary/aromatic N) is 2. The van der Waals surface area contributed by atoms with E-state index in [-0.39, 0.29) is 29.7 Å². The fourth-order valence-electron chi connectivity index (χ4n) is 3.03. The quantitative estimate of drug-likeness (QED) is 0.195. The number of aliphatic imine (C=N–C) groups is 1. The predicted octanol–water partition coefficient (Wildman–Crippen LogP) is 2.18. The molecule has 1 aliphatic carbocycles. The van der Waals surface area contributed by atoms with Crippen molar-refractivity contribution in [3.05, 3.63) is 0 Å². The fourth-order valence-corrected chi connectivity index (χ4v) is 4.43. The summed E-state index contributed by atoms with van der Waals surface area (Å²) in [5, 5.41) is 6.26. The second kappa shape index (κ2) is 14.9. The molecule has 0 heterocycles. The summed E-state index contributed by atoms with van der Waals surface area (Å²) in [6.45, 7) is 6.57. The van der Waals surface area contributed by atoms with Crippen molar-refractivity contribution in [3.63, 3.8) is 0 Å². The zero-order valence-corrected chi connectivity index (χ0v) is 19.6. The van der Waals surface area contributed by atoms with Crippen LogP contribution in [-0.4, -0.2) is 70.4 Å². The Morgan fingerprint density at radius 3 is 2.31 bits per heavy atom. The maximum atomic E-state index is 12.1. The molecule has 1 saturated carbocycles. The van der Waals surface area contributed by atoms with Crippen LogP contribution in [0.3, 0.4) is 0 Å². The van der Waals surface area contributed by atoms with E-state index in [1.54, 1.807) is 7.05 Å². The van der Waals surface area contributed by atoms with E-state index in [0.29, 0.717) is 31.7 Å². The molecule has 0 aliphatic heterocycles. The summed E-state index contributed by atoms with van der Waals surface area (Å²) in [7, 11) is -1.51. The smallest absolute Gasteiger partial charge is 0.215 e. The van der Waals surface area contributed by atoms with Crippen molar-refractivity contribution in [1.29, 1.82) is 0 Å². The lowest BCUT2D eigenvalue weighted by Gasteiger charge is -2.22. The maximum absolute atomic E-state index is 12.1. The van der Waals surface area contributed by atoms with E-state index in [0.717, 1.165) is 19.6 Å². The Morgan fingerprint density at radius 2 is 1.73 bits per heavy atom. The van der Waals surface area contributed by atoms with Crippen LogP contribution in [-0.2, 0) is 14.8 Å². The highest BCUT2D eigenvalue weighted by molar-refractivity contribution is 14.0. The number of hydrogen-bond donors (Lipinski definition) is 2. The normalized spacial score (nSPS) is 16.4. The molecule has 0 radical (unpaired) electrons. The second-order valence-electron chi connectivity index (χ2n) is 6.31. The number of guanidine groups is 1. The molecule has 0 saturated heterocycles. The number of rotatable bonds is 11. The van der Waals surface area contributed by atoms with Gasteiger partial charge in [0.05, 0.1) is 11.9 Å². The third-order valence-electron chi connectivity index (χ3n) is 4.49. The zero-order chi connectivity index (χ0) is 18.5. The predicted molar refractivity (Wildman–Crippen MR) is 119 cm³/mol. The molecule has 1 fully saturated rings. The minimum absolute atomic E-state index is 0. The third-order valence-corrected chi connectivity index (χ3v) is 6.52. The first-order chi connectivity index (χ1) is 12.0. The van der Waals surface area contributed by atoms with Crippen molar-refractivity contribution in [2.24, 2.45) is 4.99 Å². The van der Waals surface area contributed by atoms with Gasteiger partial charge in [0.25, 0.3) is 0 Å². The summed E-state index contributed by atoms with van der Waals surface area (Å²) in [5.41, 5.74) is 0. The van der Waals surface area contributed by atoms with Crippen LogP contribution >= 0.6 is 24.0 Å². The maximum Gasteiger partial charge on any atom is 0.215 e. The zero-order valence-electron chi connectivity index (χ0n) is 16.5. The molecule has 1 rings (SSSR count). The summed E-state index contributed by atoms with van der Waals surface area (Å²) in [4.78, 5) is 4.13. The topological polar surface area (TPSA) is 83.0 Å². The molecule has 26 heavy (non-hydrogen) atoms. The number of hydrogen-bond acceptors (Lipinski definition) is 4. The molecule has 2 N–H and O–H groups in total. The Balaban J connectivity index is 0.00000625. The van der Waals surface area contributed by atoms with Crippen LogP contribution in [0.4, 0.5) is 0 Å².